The Morgan fingerprint density at radius 2 is 2.07 bits per heavy atom. The molecule has 0 spiro atoms. The molecule has 2 N–H and O–H groups in total. The Hall–Kier alpha value is -3.28. The molecule has 4 rings (SSSR count). The summed E-state index contributed by atoms with van der Waals surface area (Å²) in [4.78, 5) is 16.5. The first-order valence-electron chi connectivity index (χ1n) is 8.90. The number of nitrogens with zero attached hydrogens (tertiary/aromatic N) is 2. The largest absolute Gasteiger partial charge is 0.454 e. The van der Waals surface area contributed by atoms with E-state index in [1.54, 1.807) is 12.4 Å². The summed E-state index contributed by atoms with van der Waals surface area (Å²) in [5.74, 6) is 1.08. The van der Waals surface area contributed by atoms with E-state index in [0.717, 1.165) is 46.0 Å². The minimum Gasteiger partial charge on any atom is -0.454 e. The molecule has 138 valence electrons. The second-order valence-corrected chi connectivity index (χ2v) is 6.52. The second-order valence-electron chi connectivity index (χ2n) is 6.52. The van der Waals surface area contributed by atoms with Gasteiger partial charge in [0.2, 0.25) is 6.79 Å². The summed E-state index contributed by atoms with van der Waals surface area (Å²) >= 11 is 0. The van der Waals surface area contributed by atoms with Gasteiger partial charge in [-0.2, -0.15) is 0 Å². The van der Waals surface area contributed by atoms with Crippen molar-refractivity contribution in [3.8, 4) is 22.6 Å². The molecule has 1 amide bonds. The van der Waals surface area contributed by atoms with Gasteiger partial charge in [0.25, 0.3) is 5.91 Å². The lowest BCUT2D eigenvalue weighted by atomic mass is 10.0. The van der Waals surface area contributed by atoms with E-state index in [-0.39, 0.29) is 6.79 Å². The Morgan fingerprint density at radius 1 is 1.26 bits per heavy atom. The summed E-state index contributed by atoms with van der Waals surface area (Å²) < 4.78 is 13.0. The van der Waals surface area contributed by atoms with Crippen molar-refractivity contribution in [3.63, 3.8) is 0 Å². The zero-order valence-electron chi connectivity index (χ0n) is 15.4. The highest BCUT2D eigenvalue weighted by molar-refractivity contribution is 6.02. The van der Waals surface area contributed by atoms with Crippen molar-refractivity contribution in [1.82, 2.24) is 9.55 Å². The number of nitrogens with two attached hydrogens (primary N) is 1. The van der Waals surface area contributed by atoms with Crippen LogP contribution in [-0.2, 0) is 13.0 Å². The van der Waals surface area contributed by atoms with Gasteiger partial charge in [0.05, 0.1) is 5.56 Å². The molecule has 0 radical (unpaired) electrons. The van der Waals surface area contributed by atoms with E-state index in [0.29, 0.717) is 12.1 Å². The van der Waals surface area contributed by atoms with Crippen LogP contribution in [0.5, 0.6) is 11.5 Å². The lowest BCUT2D eigenvalue weighted by molar-refractivity contribution is 0.1000. The summed E-state index contributed by atoms with van der Waals surface area (Å²) in [6.45, 7) is 4.88. The number of ether oxygens (including phenoxy) is 2. The number of hydrogen-bond acceptors (Lipinski definition) is 4. The molecule has 0 atom stereocenters. The van der Waals surface area contributed by atoms with E-state index < -0.39 is 5.91 Å². The van der Waals surface area contributed by atoms with Gasteiger partial charge in [0, 0.05) is 41.5 Å². The fourth-order valence-corrected chi connectivity index (χ4v) is 3.72. The zero-order valence-corrected chi connectivity index (χ0v) is 15.4. The van der Waals surface area contributed by atoms with Gasteiger partial charge in [-0.25, -0.2) is 0 Å². The Labute approximate surface area is 157 Å². The molecular formula is C21H21N3O3. The summed E-state index contributed by atoms with van der Waals surface area (Å²) in [5, 5.41) is 0. The molecule has 0 aliphatic carbocycles. The third kappa shape index (κ3) is 2.93. The molecular weight excluding hydrogens is 342 g/mol. The van der Waals surface area contributed by atoms with Crippen LogP contribution in [0.15, 0.2) is 42.7 Å². The average molecular weight is 363 g/mol. The van der Waals surface area contributed by atoms with Gasteiger partial charge in [-0.05, 0) is 37.1 Å². The first kappa shape index (κ1) is 17.1. The van der Waals surface area contributed by atoms with Crippen LogP contribution in [0.25, 0.3) is 11.1 Å². The Morgan fingerprint density at radius 3 is 2.78 bits per heavy atom. The zero-order chi connectivity index (χ0) is 19.0. The third-order valence-electron chi connectivity index (χ3n) is 4.94. The molecule has 1 aromatic carbocycles. The number of fused-ring (bicyclic) bond motifs is 1. The molecule has 0 fully saturated rings. The van der Waals surface area contributed by atoms with Gasteiger partial charge in [-0.3, -0.25) is 9.78 Å². The normalized spacial score (nSPS) is 12.4. The smallest absolute Gasteiger partial charge is 0.251 e. The molecule has 6 nitrogen and oxygen atoms in total. The molecule has 3 aromatic rings. The molecule has 0 saturated heterocycles. The summed E-state index contributed by atoms with van der Waals surface area (Å²) in [6.07, 6.45) is 4.25. The first-order chi connectivity index (χ1) is 13.1. The molecule has 0 unspecified atom stereocenters. The van der Waals surface area contributed by atoms with Crippen LogP contribution < -0.4 is 15.2 Å². The fourth-order valence-electron chi connectivity index (χ4n) is 3.72. The van der Waals surface area contributed by atoms with Crippen LogP contribution >= 0.6 is 0 Å². The van der Waals surface area contributed by atoms with Gasteiger partial charge in [0.1, 0.15) is 0 Å². The summed E-state index contributed by atoms with van der Waals surface area (Å²) in [7, 11) is 0. The van der Waals surface area contributed by atoms with Crippen molar-refractivity contribution in [1.29, 1.82) is 0 Å². The van der Waals surface area contributed by atoms with Crippen molar-refractivity contribution in [3.05, 3.63) is 65.2 Å². The Bertz CT molecular complexity index is 1010. The number of amides is 1. The molecule has 0 bridgehead atoms. The lowest BCUT2D eigenvalue weighted by Gasteiger charge is -2.12. The maximum atomic E-state index is 12.3. The number of rotatable bonds is 5. The number of aromatic nitrogens is 2. The Kier molecular flexibility index (Phi) is 4.32. The fraction of sp³-hybridized carbons (Fsp3) is 0.238. The number of carbonyl (C=O) groups is 1. The number of hydrogen-bond donors (Lipinski definition) is 1. The van der Waals surface area contributed by atoms with Crippen molar-refractivity contribution < 1.29 is 14.3 Å². The average Bonchev–Trinajstić information content (AvgIpc) is 3.24. The number of carbonyl (C=O) groups excluding carboxylic acids is 1. The molecule has 6 heteroatoms. The van der Waals surface area contributed by atoms with Gasteiger partial charge >= 0.3 is 0 Å². The first-order valence-corrected chi connectivity index (χ1v) is 8.90. The predicted molar refractivity (Wildman–Crippen MR) is 102 cm³/mol. The van der Waals surface area contributed by atoms with Gasteiger partial charge in [0.15, 0.2) is 11.5 Å². The minimum atomic E-state index is -0.425. The number of pyridine rings is 1. The molecule has 2 aromatic heterocycles. The SMILES string of the molecule is CCc1c(-c2cccnc2)c(C(N)=O)c(C)n1Cc1ccc2c(c1)OCO2. The standard InChI is InChI=1S/C21H21N3O3/c1-3-16-20(15-5-4-8-23-10-15)19(21(22)25)13(2)24(16)11-14-6-7-17-18(9-14)27-12-26-17/h4-10H,3,11-12H2,1-2H3,(H2,22,25). The number of primary amides is 1. The van der Waals surface area contributed by atoms with E-state index in [1.807, 2.05) is 37.3 Å². The topological polar surface area (TPSA) is 79.4 Å². The van der Waals surface area contributed by atoms with Crippen molar-refractivity contribution >= 4 is 5.91 Å². The highest BCUT2D eigenvalue weighted by Gasteiger charge is 2.24. The van der Waals surface area contributed by atoms with Crippen LogP contribution in [0.1, 0.15) is 34.2 Å². The van der Waals surface area contributed by atoms with E-state index in [2.05, 4.69) is 16.5 Å². The van der Waals surface area contributed by atoms with E-state index in [4.69, 9.17) is 15.2 Å². The van der Waals surface area contributed by atoms with Gasteiger partial charge in [-0.15, -0.1) is 0 Å². The molecule has 3 heterocycles. The van der Waals surface area contributed by atoms with Gasteiger partial charge < -0.3 is 19.8 Å². The van der Waals surface area contributed by atoms with Crippen LogP contribution in [0.4, 0.5) is 0 Å². The monoisotopic (exact) mass is 363 g/mol. The molecule has 27 heavy (non-hydrogen) atoms. The van der Waals surface area contributed by atoms with Gasteiger partial charge in [-0.1, -0.05) is 19.1 Å². The quantitative estimate of drug-likeness (QED) is 0.754. The molecule has 1 aliphatic heterocycles. The van der Waals surface area contributed by atoms with E-state index in [9.17, 15) is 4.79 Å². The molecule has 0 saturated carbocycles. The van der Waals surface area contributed by atoms with E-state index >= 15 is 0 Å². The van der Waals surface area contributed by atoms with E-state index in [1.165, 1.54) is 0 Å². The maximum absolute atomic E-state index is 12.3. The highest BCUT2D eigenvalue weighted by atomic mass is 16.7. The van der Waals surface area contributed by atoms with Crippen LogP contribution in [0, 0.1) is 6.92 Å². The number of benzene rings is 1. The Balaban J connectivity index is 1.84. The third-order valence-corrected chi connectivity index (χ3v) is 4.94. The maximum Gasteiger partial charge on any atom is 0.251 e. The molecule has 1 aliphatic rings. The van der Waals surface area contributed by atoms with Crippen LogP contribution in [-0.4, -0.2) is 22.3 Å². The second kappa shape index (κ2) is 6.79. The predicted octanol–water partition coefficient (Wildman–Crippen LogP) is 3.30. The highest BCUT2D eigenvalue weighted by Crippen LogP contribution is 2.35. The minimum absolute atomic E-state index is 0.249. The van der Waals surface area contributed by atoms with Crippen LogP contribution in [0.3, 0.4) is 0 Å². The van der Waals surface area contributed by atoms with Crippen molar-refractivity contribution in [2.24, 2.45) is 5.73 Å². The van der Waals surface area contributed by atoms with Crippen LogP contribution in [0.2, 0.25) is 0 Å². The van der Waals surface area contributed by atoms with Crippen molar-refractivity contribution in [2.45, 2.75) is 26.8 Å². The van der Waals surface area contributed by atoms with Crippen molar-refractivity contribution in [2.75, 3.05) is 6.79 Å². The summed E-state index contributed by atoms with van der Waals surface area (Å²) in [6, 6.07) is 9.73. The summed E-state index contributed by atoms with van der Waals surface area (Å²) in [5.41, 5.74) is 11.1. The lowest BCUT2D eigenvalue weighted by Crippen LogP contribution is -2.13.